The summed E-state index contributed by atoms with van der Waals surface area (Å²) in [5.41, 5.74) is 3.64. The van der Waals surface area contributed by atoms with Crippen LogP contribution in [0.25, 0.3) is 0 Å². The van der Waals surface area contributed by atoms with Crippen LogP contribution in [0.2, 0.25) is 0 Å². The molecule has 0 aromatic carbocycles. The molecule has 0 heterocycles. The predicted molar refractivity (Wildman–Crippen MR) is 125 cm³/mol. The smallest absolute Gasteiger partial charge is 0.136 e. The van der Waals surface area contributed by atoms with Crippen LogP contribution in [0, 0.1) is 51.2 Å². The molecule has 5 aliphatic carbocycles. The lowest BCUT2D eigenvalue weighted by atomic mass is 9.43. The van der Waals surface area contributed by atoms with Gasteiger partial charge in [-0.2, -0.15) is 0 Å². The van der Waals surface area contributed by atoms with E-state index in [4.69, 9.17) is 0 Å². The normalized spacial score (nSPS) is 51.7. The summed E-state index contributed by atoms with van der Waals surface area (Å²) in [4.78, 5) is 12.5. The predicted octanol–water partition coefficient (Wildman–Crippen LogP) is 7.99. The van der Waals surface area contributed by atoms with Crippen LogP contribution in [0.3, 0.4) is 0 Å². The van der Waals surface area contributed by atoms with Crippen molar-refractivity contribution < 1.29 is 4.79 Å². The molecule has 0 aromatic heterocycles. The Bertz CT molecular complexity index is 749. The van der Waals surface area contributed by atoms with Crippen LogP contribution in [0.1, 0.15) is 112 Å². The second-order valence-electron chi connectivity index (χ2n) is 13.4. The van der Waals surface area contributed by atoms with E-state index in [1.165, 1.54) is 70.6 Å². The maximum absolute atomic E-state index is 12.5. The van der Waals surface area contributed by atoms with Gasteiger partial charge in [-0.15, -0.1) is 0 Å². The van der Waals surface area contributed by atoms with E-state index in [9.17, 15) is 4.79 Å². The maximum atomic E-state index is 12.5. The summed E-state index contributed by atoms with van der Waals surface area (Å²) >= 11 is 0. The van der Waals surface area contributed by atoms with E-state index in [0.29, 0.717) is 39.3 Å². The molecular weight excluding hydrogens is 364 g/mol. The summed E-state index contributed by atoms with van der Waals surface area (Å²) in [6, 6.07) is 0. The second kappa shape index (κ2) is 6.71. The summed E-state index contributed by atoms with van der Waals surface area (Å²) < 4.78 is 0. The zero-order valence-electron chi connectivity index (χ0n) is 20.5. The second-order valence-corrected chi connectivity index (χ2v) is 13.4. The number of hydrogen-bond acceptors (Lipinski definition) is 1. The lowest BCUT2D eigenvalue weighted by Crippen LogP contribution is -2.55. The summed E-state index contributed by atoms with van der Waals surface area (Å²) in [6.07, 6.45) is 15.8. The van der Waals surface area contributed by atoms with Gasteiger partial charge in [0, 0.05) is 12.3 Å². The third-order valence-corrected chi connectivity index (χ3v) is 12.2. The number of carbonyl (C=O) groups excluding carboxylic acids is 1. The zero-order chi connectivity index (χ0) is 21.5. The van der Waals surface area contributed by atoms with Gasteiger partial charge in [-0.05, 0) is 110 Å². The number of hydrogen-bond donors (Lipinski definition) is 0. The first kappa shape index (κ1) is 21.3. The summed E-state index contributed by atoms with van der Waals surface area (Å²) in [5.74, 6) is 4.04. The van der Waals surface area contributed by atoms with Gasteiger partial charge in [0.05, 0.1) is 0 Å². The Balaban J connectivity index is 1.39. The molecule has 5 fully saturated rings. The van der Waals surface area contributed by atoms with Gasteiger partial charge in [0.25, 0.3) is 0 Å². The SMILES string of the molecule is C=C(CCCC(C)C)[C@H]1CC[C@@]2(C)[C@@H]3CCC4[C@H](C)C(=O)CC[C@@]45C[C@@]35CC[C@]12C. The van der Waals surface area contributed by atoms with Crippen molar-refractivity contribution in [2.75, 3.05) is 0 Å². The van der Waals surface area contributed by atoms with E-state index in [2.05, 4.69) is 41.2 Å². The molecule has 5 rings (SSSR count). The Morgan fingerprint density at radius 3 is 2.53 bits per heavy atom. The highest BCUT2D eigenvalue weighted by atomic mass is 16.1. The van der Waals surface area contributed by atoms with E-state index in [1.807, 2.05) is 0 Å². The minimum atomic E-state index is 0.331. The Hall–Kier alpha value is -0.590. The molecule has 0 bridgehead atoms. The zero-order valence-corrected chi connectivity index (χ0v) is 20.5. The van der Waals surface area contributed by atoms with Gasteiger partial charge in [0.15, 0.2) is 0 Å². The summed E-state index contributed by atoms with van der Waals surface area (Å²) in [6.45, 7) is 17.0. The van der Waals surface area contributed by atoms with Gasteiger partial charge in [-0.25, -0.2) is 0 Å². The monoisotopic (exact) mass is 410 g/mol. The van der Waals surface area contributed by atoms with Crippen molar-refractivity contribution in [3.05, 3.63) is 12.2 Å². The first-order chi connectivity index (χ1) is 14.1. The minimum absolute atomic E-state index is 0.331. The first-order valence-corrected chi connectivity index (χ1v) is 13.3. The van der Waals surface area contributed by atoms with Crippen molar-refractivity contribution in [3.8, 4) is 0 Å². The van der Waals surface area contributed by atoms with Crippen LogP contribution in [0.15, 0.2) is 12.2 Å². The van der Waals surface area contributed by atoms with Crippen LogP contribution in [-0.4, -0.2) is 5.78 Å². The van der Waals surface area contributed by atoms with Crippen molar-refractivity contribution in [2.45, 2.75) is 112 Å². The number of ketones is 1. The standard InChI is InChI=1S/C29H46O/c1-19(2)8-7-9-20(3)22-12-14-27(6)25-11-10-23-21(4)24(30)13-15-28(23)18-29(25,28)17-16-26(22,27)5/h19,21-23,25H,3,7-18H2,1-2,4-6H3/t21-,22+,23?,25-,26+,27-,28+,29-/m0/s1. The fraction of sp³-hybridized carbons (Fsp3) is 0.897. The first-order valence-electron chi connectivity index (χ1n) is 13.3. The number of Topliss-reactive ketones (excluding diaryl/α,β-unsaturated/α-hetero) is 1. The molecule has 8 atom stereocenters. The van der Waals surface area contributed by atoms with Gasteiger partial charge >= 0.3 is 0 Å². The molecule has 1 heteroatoms. The van der Waals surface area contributed by atoms with Crippen molar-refractivity contribution in [3.63, 3.8) is 0 Å². The molecule has 0 aromatic rings. The number of fused-ring (bicyclic) bond motifs is 2. The van der Waals surface area contributed by atoms with E-state index in [1.54, 1.807) is 5.57 Å². The molecule has 0 aliphatic heterocycles. The topological polar surface area (TPSA) is 17.1 Å². The Kier molecular flexibility index (Phi) is 4.75. The van der Waals surface area contributed by atoms with Crippen molar-refractivity contribution in [1.29, 1.82) is 0 Å². The Morgan fingerprint density at radius 1 is 1.03 bits per heavy atom. The van der Waals surface area contributed by atoms with Gasteiger partial charge in [0.2, 0.25) is 0 Å². The molecule has 0 saturated heterocycles. The highest BCUT2D eigenvalue weighted by molar-refractivity contribution is 5.82. The molecular formula is C29H46O. The van der Waals surface area contributed by atoms with E-state index in [0.717, 1.165) is 24.2 Å². The van der Waals surface area contributed by atoms with Crippen LogP contribution in [0.5, 0.6) is 0 Å². The number of carbonyl (C=O) groups is 1. The van der Waals surface area contributed by atoms with Crippen LogP contribution < -0.4 is 0 Å². The lowest BCUT2D eigenvalue weighted by Gasteiger charge is -2.61. The molecule has 168 valence electrons. The molecule has 5 aliphatic rings. The average Bonchev–Trinajstić information content (AvgIpc) is 3.27. The van der Waals surface area contributed by atoms with Crippen molar-refractivity contribution in [1.82, 2.24) is 0 Å². The van der Waals surface area contributed by atoms with E-state index in [-0.39, 0.29) is 0 Å². The average molecular weight is 411 g/mol. The van der Waals surface area contributed by atoms with Crippen LogP contribution in [0.4, 0.5) is 0 Å². The van der Waals surface area contributed by atoms with Gasteiger partial charge in [-0.3, -0.25) is 4.79 Å². The molecule has 0 radical (unpaired) electrons. The lowest BCUT2D eigenvalue weighted by molar-refractivity contribution is -0.143. The largest absolute Gasteiger partial charge is 0.299 e. The third-order valence-electron chi connectivity index (χ3n) is 12.2. The Morgan fingerprint density at radius 2 is 1.80 bits per heavy atom. The minimum Gasteiger partial charge on any atom is -0.299 e. The molecule has 5 saturated carbocycles. The van der Waals surface area contributed by atoms with Gasteiger partial charge < -0.3 is 0 Å². The number of allylic oxidation sites excluding steroid dienone is 1. The molecule has 2 spiro atoms. The molecule has 1 unspecified atom stereocenters. The molecule has 1 nitrogen and oxygen atoms in total. The summed E-state index contributed by atoms with van der Waals surface area (Å²) in [7, 11) is 0. The fourth-order valence-corrected chi connectivity index (χ4v) is 10.4. The quantitative estimate of drug-likeness (QED) is 0.420. The maximum Gasteiger partial charge on any atom is 0.136 e. The Labute approximate surface area is 185 Å². The van der Waals surface area contributed by atoms with E-state index < -0.39 is 0 Å². The molecule has 0 N–H and O–H groups in total. The van der Waals surface area contributed by atoms with E-state index >= 15 is 0 Å². The fourth-order valence-electron chi connectivity index (χ4n) is 10.4. The third kappa shape index (κ3) is 2.50. The van der Waals surface area contributed by atoms with Gasteiger partial charge in [0.1, 0.15) is 5.78 Å². The molecule has 30 heavy (non-hydrogen) atoms. The highest BCUT2D eigenvalue weighted by Crippen LogP contribution is 2.88. The van der Waals surface area contributed by atoms with Crippen molar-refractivity contribution in [2.24, 2.45) is 51.2 Å². The van der Waals surface area contributed by atoms with Crippen LogP contribution >= 0.6 is 0 Å². The highest BCUT2D eigenvalue weighted by Gasteiger charge is 2.81. The molecule has 0 amide bonds. The summed E-state index contributed by atoms with van der Waals surface area (Å²) in [5, 5.41) is 0. The van der Waals surface area contributed by atoms with Crippen LogP contribution in [-0.2, 0) is 4.79 Å². The van der Waals surface area contributed by atoms with Crippen molar-refractivity contribution >= 4 is 5.78 Å². The van der Waals surface area contributed by atoms with Gasteiger partial charge in [-0.1, -0.05) is 53.2 Å². The number of rotatable bonds is 5.